The SMILES string of the molecule is NC(=S)CCN(Cc1cccnc1)c1ccc(F)cn1. The number of thiocarbonyl (C=S) groups is 1. The summed E-state index contributed by atoms with van der Waals surface area (Å²) in [4.78, 5) is 10.6. The third kappa shape index (κ3) is 4.24. The van der Waals surface area contributed by atoms with Gasteiger partial charge in [0.05, 0.1) is 11.2 Å². The van der Waals surface area contributed by atoms with Crippen LogP contribution < -0.4 is 10.6 Å². The number of anilines is 1. The Bertz CT molecular complexity index is 559. The molecule has 2 N–H and O–H groups in total. The maximum Gasteiger partial charge on any atom is 0.141 e. The number of nitrogens with zero attached hydrogens (tertiary/aromatic N) is 3. The highest BCUT2D eigenvalue weighted by atomic mass is 32.1. The fourth-order valence-corrected chi connectivity index (χ4v) is 1.88. The zero-order valence-electron chi connectivity index (χ0n) is 10.9. The Kier molecular flexibility index (Phi) is 4.95. The molecule has 0 spiro atoms. The lowest BCUT2D eigenvalue weighted by Gasteiger charge is -2.23. The van der Waals surface area contributed by atoms with Crippen molar-refractivity contribution in [2.24, 2.45) is 5.73 Å². The summed E-state index contributed by atoms with van der Waals surface area (Å²) in [5, 5.41) is 0. The second-order valence-electron chi connectivity index (χ2n) is 4.33. The molecule has 6 heteroatoms. The van der Waals surface area contributed by atoms with Crippen LogP contribution in [-0.4, -0.2) is 21.5 Å². The summed E-state index contributed by atoms with van der Waals surface area (Å²) in [6.45, 7) is 1.25. The minimum atomic E-state index is -0.357. The van der Waals surface area contributed by atoms with E-state index in [9.17, 15) is 4.39 Å². The molecule has 0 amide bonds. The number of rotatable bonds is 6. The number of hydrogen-bond acceptors (Lipinski definition) is 4. The summed E-state index contributed by atoms with van der Waals surface area (Å²) in [7, 11) is 0. The summed E-state index contributed by atoms with van der Waals surface area (Å²) in [5.74, 6) is 0.330. The average molecular weight is 290 g/mol. The van der Waals surface area contributed by atoms with Crippen LogP contribution in [0.2, 0.25) is 0 Å². The fraction of sp³-hybridized carbons (Fsp3) is 0.214. The molecule has 2 rings (SSSR count). The molecule has 0 saturated carbocycles. The zero-order chi connectivity index (χ0) is 14.4. The van der Waals surface area contributed by atoms with E-state index in [1.54, 1.807) is 18.5 Å². The van der Waals surface area contributed by atoms with E-state index < -0.39 is 0 Å². The van der Waals surface area contributed by atoms with Crippen LogP contribution in [0.1, 0.15) is 12.0 Å². The lowest BCUT2D eigenvalue weighted by Crippen LogP contribution is -2.28. The van der Waals surface area contributed by atoms with Gasteiger partial charge in [0.1, 0.15) is 11.6 Å². The molecule has 0 saturated heterocycles. The highest BCUT2D eigenvalue weighted by Gasteiger charge is 2.09. The molecule has 2 heterocycles. The van der Waals surface area contributed by atoms with E-state index in [1.807, 2.05) is 17.0 Å². The van der Waals surface area contributed by atoms with Crippen molar-refractivity contribution in [1.29, 1.82) is 0 Å². The van der Waals surface area contributed by atoms with Crippen LogP contribution in [0.15, 0.2) is 42.9 Å². The second kappa shape index (κ2) is 6.91. The van der Waals surface area contributed by atoms with E-state index in [0.717, 1.165) is 5.56 Å². The molecule has 0 aliphatic rings. The van der Waals surface area contributed by atoms with Crippen molar-refractivity contribution in [3.63, 3.8) is 0 Å². The molecular weight excluding hydrogens is 275 g/mol. The smallest absolute Gasteiger partial charge is 0.141 e. The Morgan fingerprint density at radius 3 is 2.75 bits per heavy atom. The van der Waals surface area contributed by atoms with Gasteiger partial charge >= 0.3 is 0 Å². The molecule has 0 fully saturated rings. The van der Waals surface area contributed by atoms with Gasteiger partial charge in [0.15, 0.2) is 0 Å². The third-order valence-corrected chi connectivity index (χ3v) is 2.96. The van der Waals surface area contributed by atoms with Crippen LogP contribution in [0.25, 0.3) is 0 Å². The van der Waals surface area contributed by atoms with Crippen molar-refractivity contribution in [3.05, 3.63) is 54.2 Å². The fourth-order valence-electron chi connectivity index (χ4n) is 1.79. The molecule has 2 aromatic rings. The predicted molar refractivity (Wildman–Crippen MR) is 80.9 cm³/mol. The number of pyridine rings is 2. The minimum absolute atomic E-state index is 0.357. The van der Waals surface area contributed by atoms with E-state index >= 15 is 0 Å². The van der Waals surface area contributed by atoms with Crippen LogP contribution in [-0.2, 0) is 6.54 Å². The first-order chi connectivity index (χ1) is 9.65. The van der Waals surface area contributed by atoms with Gasteiger partial charge in [-0.15, -0.1) is 0 Å². The van der Waals surface area contributed by atoms with Crippen molar-refractivity contribution < 1.29 is 4.39 Å². The first-order valence-corrected chi connectivity index (χ1v) is 6.59. The molecule has 0 atom stereocenters. The topological polar surface area (TPSA) is 55.0 Å². The Morgan fingerprint density at radius 2 is 2.15 bits per heavy atom. The van der Waals surface area contributed by atoms with E-state index in [-0.39, 0.29) is 5.82 Å². The predicted octanol–water partition coefficient (Wildman–Crippen LogP) is 2.30. The van der Waals surface area contributed by atoms with Crippen molar-refractivity contribution in [1.82, 2.24) is 9.97 Å². The molecule has 2 aromatic heterocycles. The van der Waals surface area contributed by atoms with Gasteiger partial charge in [-0.1, -0.05) is 18.3 Å². The van der Waals surface area contributed by atoms with Crippen LogP contribution in [0.4, 0.5) is 10.2 Å². The van der Waals surface area contributed by atoms with Crippen molar-refractivity contribution in [2.45, 2.75) is 13.0 Å². The maximum absolute atomic E-state index is 13.0. The maximum atomic E-state index is 13.0. The largest absolute Gasteiger partial charge is 0.393 e. The Balaban J connectivity index is 2.15. The van der Waals surface area contributed by atoms with Crippen molar-refractivity contribution in [3.8, 4) is 0 Å². The first-order valence-electron chi connectivity index (χ1n) is 6.19. The van der Waals surface area contributed by atoms with E-state index in [2.05, 4.69) is 9.97 Å². The molecule has 0 bridgehead atoms. The highest BCUT2D eigenvalue weighted by Crippen LogP contribution is 2.15. The van der Waals surface area contributed by atoms with Gasteiger partial charge in [-0.25, -0.2) is 9.37 Å². The molecule has 104 valence electrons. The van der Waals surface area contributed by atoms with E-state index in [0.29, 0.717) is 30.3 Å². The molecule has 0 aliphatic heterocycles. The molecule has 0 radical (unpaired) electrons. The standard InChI is InChI=1S/C14H15FN4S/c15-12-3-4-14(18-9-12)19(7-5-13(16)20)10-11-2-1-6-17-8-11/h1-4,6,8-9H,5,7,10H2,(H2,16,20). The molecule has 4 nitrogen and oxygen atoms in total. The normalized spacial score (nSPS) is 10.2. The lowest BCUT2D eigenvalue weighted by molar-refractivity contribution is 0.620. The monoisotopic (exact) mass is 290 g/mol. The van der Waals surface area contributed by atoms with Crippen LogP contribution >= 0.6 is 12.2 Å². The summed E-state index contributed by atoms with van der Waals surface area (Å²) < 4.78 is 13.0. The summed E-state index contributed by atoms with van der Waals surface area (Å²) in [5.41, 5.74) is 6.59. The number of nitrogens with two attached hydrogens (primary N) is 1. The van der Waals surface area contributed by atoms with Crippen LogP contribution in [0.3, 0.4) is 0 Å². The van der Waals surface area contributed by atoms with Gasteiger partial charge in [0.2, 0.25) is 0 Å². The van der Waals surface area contributed by atoms with Gasteiger partial charge in [-0.05, 0) is 23.8 Å². The summed E-state index contributed by atoms with van der Waals surface area (Å²) >= 11 is 4.91. The lowest BCUT2D eigenvalue weighted by atomic mass is 10.2. The Morgan fingerprint density at radius 1 is 1.30 bits per heavy atom. The second-order valence-corrected chi connectivity index (χ2v) is 4.86. The van der Waals surface area contributed by atoms with Crippen molar-refractivity contribution >= 4 is 23.0 Å². The average Bonchev–Trinajstić information content (AvgIpc) is 2.45. The molecule has 0 aromatic carbocycles. The molecule has 0 unspecified atom stereocenters. The minimum Gasteiger partial charge on any atom is -0.393 e. The van der Waals surface area contributed by atoms with Gasteiger partial charge in [-0.3, -0.25) is 4.98 Å². The number of halogens is 1. The van der Waals surface area contributed by atoms with Gasteiger partial charge in [-0.2, -0.15) is 0 Å². The van der Waals surface area contributed by atoms with Gasteiger partial charge < -0.3 is 10.6 Å². The zero-order valence-corrected chi connectivity index (χ0v) is 11.7. The molecule has 0 aliphatic carbocycles. The molecular formula is C14H15FN4S. The van der Waals surface area contributed by atoms with Crippen LogP contribution in [0.5, 0.6) is 0 Å². The summed E-state index contributed by atoms with van der Waals surface area (Å²) in [6, 6.07) is 6.88. The number of hydrogen-bond donors (Lipinski definition) is 1. The van der Waals surface area contributed by atoms with E-state index in [4.69, 9.17) is 18.0 Å². The quantitative estimate of drug-likeness (QED) is 0.827. The van der Waals surface area contributed by atoms with E-state index in [1.165, 1.54) is 12.3 Å². The van der Waals surface area contributed by atoms with Gasteiger partial charge in [0, 0.05) is 31.9 Å². The summed E-state index contributed by atoms with van der Waals surface area (Å²) in [6.07, 6.45) is 5.29. The number of aromatic nitrogens is 2. The molecule has 20 heavy (non-hydrogen) atoms. The third-order valence-electron chi connectivity index (χ3n) is 2.76. The highest BCUT2D eigenvalue weighted by molar-refractivity contribution is 7.80. The van der Waals surface area contributed by atoms with Gasteiger partial charge in [0.25, 0.3) is 0 Å². The van der Waals surface area contributed by atoms with Crippen LogP contribution in [0, 0.1) is 5.82 Å². The Labute approximate surface area is 122 Å². The first kappa shape index (κ1) is 14.3. The van der Waals surface area contributed by atoms with Crippen molar-refractivity contribution in [2.75, 3.05) is 11.4 Å². The Hall–Kier alpha value is -2.08.